The van der Waals surface area contributed by atoms with Crippen molar-refractivity contribution in [3.63, 3.8) is 0 Å². The van der Waals surface area contributed by atoms with Crippen LogP contribution < -0.4 is 15.1 Å². The molecule has 0 unspecified atom stereocenters. The van der Waals surface area contributed by atoms with E-state index < -0.39 is 29.9 Å². The summed E-state index contributed by atoms with van der Waals surface area (Å²) in [6.45, 7) is 3.51. The van der Waals surface area contributed by atoms with E-state index >= 15 is 0 Å². The highest BCUT2D eigenvalue weighted by Gasteiger charge is 2.34. The van der Waals surface area contributed by atoms with Crippen LogP contribution in [0.2, 0.25) is 0 Å². The Morgan fingerprint density at radius 1 is 1.27 bits per heavy atom. The Morgan fingerprint density at radius 3 is 2.47 bits per heavy atom. The molecule has 0 spiro atoms. The normalized spacial score (nSPS) is 19.0. The van der Waals surface area contributed by atoms with Gasteiger partial charge in [-0.1, -0.05) is 19.1 Å². The number of cyclic esters (lactones) is 1. The summed E-state index contributed by atoms with van der Waals surface area (Å²) in [5, 5.41) is 2.99. The molecule has 11 heteroatoms. The minimum Gasteiger partial charge on any atom is -0.453 e. The van der Waals surface area contributed by atoms with E-state index in [1.165, 1.54) is 21.8 Å². The molecule has 8 nitrogen and oxygen atoms in total. The molecule has 2 saturated heterocycles. The smallest absolute Gasteiger partial charge is 0.414 e. The number of benzene rings is 1. The minimum atomic E-state index is -0.780. The molecule has 1 atom stereocenters. The molecule has 2 aliphatic heterocycles. The zero-order chi connectivity index (χ0) is 21.8. The molecule has 0 radical (unpaired) electrons. The Balaban J connectivity index is 1.68. The second kappa shape index (κ2) is 9.41. The predicted octanol–water partition coefficient (Wildman–Crippen LogP) is 2.51. The van der Waals surface area contributed by atoms with Crippen molar-refractivity contribution < 1.29 is 27.8 Å². The van der Waals surface area contributed by atoms with E-state index in [0.717, 1.165) is 12.1 Å². The van der Waals surface area contributed by atoms with Crippen molar-refractivity contribution in [2.45, 2.75) is 19.4 Å². The fourth-order valence-corrected chi connectivity index (χ4v) is 3.53. The predicted molar refractivity (Wildman–Crippen MR) is 111 cm³/mol. The van der Waals surface area contributed by atoms with Crippen molar-refractivity contribution in [2.75, 3.05) is 56.2 Å². The zero-order valence-electron chi connectivity index (χ0n) is 16.8. The zero-order valence-corrected chi connectivity index (χ0v) is 17.6. The molecule has 0 aromatic heterocycles. The molecular formula is C19H24F2N4O4S. The highest BCUT2D eigenvalue weighted by Crippen LogP contribution is 2.31. The van der Waals surface area contributed by atoms with Gasteiger partial charge in [0.05, 0.1) is 30.9 Å². The molecule has 1 aromatic carbocycles. The maximum Gasteiger partial charge on any atom is 0.414 e. The highest BCUT2D eigenvalue weighted by atomic mass is 32.1. The van der Waals surface area contributed by atoms with Crippen molar-refractivity contribution in [3.05, 3.63) is 23.8 Å². The van der Waals surface area contributed by atoms with Crippen LogP contribution in [0, 0.1) is 11.6 Å². The number of carbonyl (C=O) groups is 2. The Bertz CT molecular complexity index is 810. The average Bonchev–Trinajstić information content (AvgIpc) is 3.11. The van der Waals surface area contributed by atoms with E-state index in [4.69, 9.17) is 17.0 Å². The van der Waals surface area contributed by atoms with Crippen molar-refractivity contribution in [3.8, 4) is 0 Å². The van der Waals surface area contributed by atoms with E-state index in [0.29, 0.717) is 31.0 Å². The highest BCUT2D eigenvalue weighted by molar-refractivity contribution is 7.80. The molecule has 164 valence electrons. The van der Waals surface area contributed by atoms with Gasteiger partial charge in [0.2, 0.25) is 0 Å². The number of thiocarbonyl (C=S) groups is 1. The Labute approximate surface area is 178 Å². The summed E-state index contributed by atoms with van der Waals surface area (Å²) in [7, 11) is 1.29. The standard InChI is InChI=1S/C19H24F2N4O4S/c1-3-16(30)22-10-13-11-25(19(27)29-13)12-8-14(20)17(15(21)9-12)23-4-6-24(7-5-23)18(26)28-2/h8-9,13H,3-7,10-11H2,1-2H3,(H,22,30)/t13-/m0/s1. The Kier molecular flexibility index (Phi) is 6.91. The molecule has 0 bridgehead atoms. The number of nitrogens with zero attached hydrogens (tertiary/aromatic N) is 3. The van der Waals surface area contributed by atoms with Gasteiger partial charge in [0.15, 0.2) is 11.6 Å². The lowest BCUT2D eigenvalue weighted by molar-refractivity contribution is 0.121. The van der Waals surface area contributed by atoms with Gasteiger partial charge in [0.1, 0.15) is 11.8 Å². The number of ether oxygens (including phenoxy) is 2. The molecular weight excluding hydrogens is 418 g/mol. The van der Waals surface area contributed by atoms with Crippen LogP contribution in [0.15, 0.2) is 12.1 Å². The number of piperazine rings is 1. The summed E-state index contributed by atoms with van der Waals surface area (Å²) < 4.78 is 39.5. The number of halogens is 2. The monoisotopic (exact) mass is 442 g/mol. The molecule has 2 aliphatic rings. The first kappa shape index (κ1) is 22.0. The molecule has 1 N–H and O–H groups in total. The molecule has 0 aliphatic carbocycles. The molecule has 2 heterocycles. The lowest BCUT2D eigenvalue weighted by atomic mass is 10.2. The average molecular weight is 442 g/mol. The summed E-state index contributed by atoms with van der Waals surface area (Å²) in [5.74, 6) is -1.56. The van der Waals surface area contributed by atoms with E-state index in [-0.39, 0.29) is 31.0 Å². The van der Waals surface area contributed by atoms with E-state index in [9.17, 15) is 18.4 Å². The number of hydrogen-bond acceptors (Lipinski definition) is 6. The van der Waals surface area contributed by atoms with Gasteiger partial charge in [-0.15, -0.1) is 0 Å². The third-order valence-electron chi connectivity index (χ3n) is 5.06. The van der Waals surface area contributed by atoms with Crippen molar-refractivity contribution >= 4 is 40.8 Å². The van der Waals surface area contributed by atoms with Crippen LogP contribution in [-0.2, 0) is 9.47 Å². The molecule has 30 heavy (non-hydrogen) atoms. The van der Waals surface area contributed by atoms with Gasteiger partial charge in [-0.05, 0) is 6.42 Å². The largest absolute Gasteiger partial charge is 0.453 e. The van der Waals surface area contributed by atoms with Crippen LogP contribution >= 0.6 is 12.2 Å². The number of rotatable bonds is 5. The summed E-state index contributed by atoms with van der Waals surface area (Å²) in [5.41, 5.74) is -0.0881. The van der Waals surface area contributed by atoms with Gasteiger partial charge >= 0.3 is 12.2 Å². The number of anilines is 2. The topological polar surface area (TPSA) is 74.4 Å². The van der Waals surface area contributed by atoms with Gasteiger partial charge < -0.3 is 24.6 Å². The fraction of sp³-hybridized carbons (Fsp3) is 0.526. The number of amides is 2. The minimum absolute atomic E-state index is 0.0903. The van der Waals surface area contributed by atoms with Gasteiger partial charge in [0, 0.05) is 38.3 Å². The van der Waals surface area contributed by atoms with Crippen molar-refractivity contribution in [1.82, 2.24) is 10.2 Å². The van der Waals surface area contributed by atoms with Crippen LogP contribution in [0.25, 0.3) is 0 Å². The third kappa shape index (κ3) is 4.72. The van der Waals surface area contributed by atoms with Crippen molar-refractivity contribution in [2.24, 2.45) is 0 Å². The van der Waals surface area contributed by atoms with E-state index in [1.54, 1.807) is 0 Å². The summed E-state index contributed by atoms with van der Waals surface area (Å²) in [4.78, 5) is 28.6. The number of hydrogen-bond donors (Lipinski definition) is 1. The summed E-state index contributed by atoms with van der Waals surface area (Å²) >= 11 is 5.08. The van der Waals surface area contributed by atoms with Crippen LogP contribution in [0.4, 0.5) is 29.7 Å². The van der Waals surface area contributed by atoms with Crippen LogP contribution in [0.3, 0.4) is 0 Å². The summed E-state index contributed by atoms with van der Waals surface area (Å²) in [6, 6.07) is 2.25. The first-order chi connectivity index (χ1) is 14.3. The summed E-state index contributed by atoms with van der Waals surface area (Å²) in [6.07, 6.45) is -0.935. The number of carbonyl (C=O) groups excluding carboxylic acids is 2. The van der Waals surface area contributed by atoms with Gasteiger partial charge in [-0.25, -0.2) is 18.4 Å². The van der Waals surface area contributed by atoms with Crippen molar-refractivity contribution in [1.29, 1.82) is 0 Å². The quantitative estimate of drug-likeness (QED) is 0.703. The fourth-order valence-electron chi connectivity index (χ4n) is 3.44. The van der Waals surface area contributed by atoms with Crippen LogP contribution in [0.1, 0.15) is 13.3 Å². The van der Waals surface area contributed by atoms with Crippen LogP contribution in [0.5, 0.6) is 0 Å². The molecule has 3 rings (SSSR count). The molecule has 2 amide bonds. The number of methoxy groups -OCH3 is 1. The lowest BCUT2D eigenvalue weighted by Crippen LogP contribution is -2.49. The third-order valence-corrected chi connectivity index (χ3v) is 5.50. The molecule has 2 fully saturated rings. The first-order valence-electron chi connectivity index (χ1n) is 9.65. The maximum atomic E-state index is 14.8. The van der Waals surface area contributed by atoms with E-state index in [1.807, 2.05) is 6.92 Å². The molecule has 1 aromatic rings. The first-order valence-corrected chi connectivity index (χ1v) is 10.1. The molecule has 0 saturated carbocycles. The van der Waals surface area contributed by atoms with Crippen LogP contribution in [-0.4, -0.2) is 74.6 Å². The van der Waals surface area contributed by atoms with Gasteiger partial charge in [0.25, 0.3) is 0 Å². The van der Waals surface area contributed by atoms with E-state index in [2.05, 4.69) is 10.1 Å². The Hall–Kier alpha value is -2.69. The Morgan fingerprint density at radius 2 is 1.90 bits per heavy atom. The van der Waals surface area contributed by atoms with Gasteiger partial charge in [-0.2, -0.15) is 0 Å². The second-order valence-corrected chi connectivity index (χ2v) is 7.47. The number of nitrogens with one attached hydrogen (secondary N) is 1. The lowest BCUT2D eigenvalue weighted by Gasteiger charge is -2.35. The second-order valence-electron chi connectivity index (χ2n) is 6.98. The maximum absolute atomic E-state index is 14.8. The SMILES string of the molecule is CCC(=S)NC[C@H]1CN(c2cc(F)c(N3CCN(C(=O)OC)CC3)c(F)c2)C(=O)O1. The van der Waals surface area contributed by atoms with Gasteiger partial charge in [-0.3, -0.25) is 4.90 Å².